The van der Waals surface area contributed by atoms with Gasteiger partial charge >= 0.3 is 5.69 Å². The lowest BCUT2D eigenvalue weighted by Gasteiger charge is -2.25. The first kappa shape index (κ1) is 15.9. The number of benzene rings is 1. The first-order chi connectivity index (χ1) is 9.33. The molecule has 6 nitrogen and oxygen atoms in total. The molecule has 0 saturated carbocycles. The molecule has 1 rings (SSSR count). The Bertz CT molecular complexity index is 539. The van der Waals surface area contributed by atoms with Gasteiger partial charge in [0.25, 0.3) is 0 Å². The van der Waals surface area contributed by atoms with Crippen molar-refractivity contribution in [3.05, 3.63) is 33.9 Å². The van der Waals surface area contributed by atoms with E-state index in [1.54, 1.807) is 40.0 Å². The van der Waals surface area contributed by atoms with Crippen molar-refractivity contribution < 1.29 is 9.66 Å². The summed E-state index contributed by atoms with van der Waals surface area (Å²) in [7, 11) is 1.70. The molecule has 108 valence electrons. The molecule has 0 aromatic heterocycles. The van der Waals surface area contributed by atoms with E-state index in [2.05, 4.69) is 11.4 Å². The summed E-state index contributed by atoms with van der Waals surface area (Å²) in [5.74, 6) is 0.265. The molecule has 2 unspecified atom stereocenters. The van der Waals surface area contributed by atoms with Crippen LogP contribution in [0.4, 0.5) is 5.69 Å². The minimum atomic E-state index is -0.725. The Morgan fingerprint density at radius 2 is 2.25 bits per heavy atom. The lowest BCUT2D eigenvalue weighted by atomic mass is 9.97. The van der Waals surface area contributed by atoms with Gasteiger partial charge < -0.3 is 10.1 Å². The van der Waals surface area contributed by atoms with E-state index in [-0.39, 0.29) is 17.5 Å². The van der Waals surface area contributed by atoms with E-state index in [9.17, 15) is 10.1 Å². The van der Waals surface area contributed by atoms with Gasteiger partial charge in [-0.15, -0.1) is 0 Å². The summed E-state index contributed by atoms with van der Waals surface area (Å²) in [5, 5.41) is 23.1. The molecule has 20 heavy (non-hydrogen) atoms. The molecule has 6 heteroatoms. The highest BCUT2D eigenvalue weighted by atomic mass is 16.6. The molecule has 1 aromatic carbocycles. The zero-order valence-electron chi connectivity index (χ0n) is 12.1. The predicted octanol–water partition coefficient (Wildman–Crippen LogP) is 2.56. The number of nitro groups is 1. The molecule has 0 radical (unpaired) electrons. The molecule has 0 bridgehead atoms. The Hall–Kier alpha value is -2.13. The van der Waals surface area contributed by atoms with Gasteiger partial charge in [0.05, 0.1) is 17.1 Å². The molecule has 0 aliphatic heterocycles. The van der Waals surface area contributed by atoms with Gasteiger partial charge in [-0.25, -0.2) is 0 Å². The van der Waals surface area contributed by atoms with Crippen LogP contribution in [-0.4, -0.2) is 23.6 Å². The second-order valence-electron chi connectivity index (χ2n) is 5.01. The van der Waals surface area contributed by atoms with Crippen LogP contribution in [0.25, 0.3) is 0 Å². The molecule has 1 N–H and O–H groups in total. The fourth-order valence-corrected chi connectivity index (χ4v) is 1.96. The Kier molecular flexibility index (Phi) is 5.06. The number of ether oxygens (including phenoxy) is 1. The normalized spacial score (nSPS) is 14.9. The zero-order valence-corrected chi connectivity index (χ0v) is 12.1. The summed E-state index contributed by atoms with van der Waals surface area (Å²) in [5.41, 5.74) is -0.0780. The molecule has 0 fully saturated rings. The second kappa shape index (κ2) is 6.35. The molecule has 0 heterocycles. The average molecular weight is 277 g/mol. The largest absolute Gasteiger partial charge is 0.483 e. The van der Waals surface area contributed by atoms with Crippen LogP contribution in [0, 0.1) is 28.4 Å². The smallest absolute Gasteiger partial charge is 0.311 e. The Balaban J connectivity index is 2.94. The Labute approximate surface area is 118 Å². The molecule has 0 amide bonds. The molecule has 1 aromatic rings. The van der Waals surface area contributed by atoms with Crippen molar-refractivity contribution >= 4 is 5.69 Å². The van der Waals surface area contributed by atoms with Crippen molar-refractivity contribution in [2.45, 2.75) is 38.8 Å². The highest BCUT2D eigenvalue weighted by Gasteiger charge is 2.27. The van der Waals surface area contributed by atoms with Crippen molar-refractivity contribution in [1.29, 1.82) is 5.26 Å². The van der Waals surface area contributed by atoms with E-state index in [0.717, 1.165) is 0 Å². The lowest BCUT2D eigenvalue weighted by molar-refractivity contribution is -0.386. The van der Waals surface area contributed by atoms with Crippen LogP contribution in [-0.2, 0) is 0 Å². The fourth-order valence-electron chi connectivity index (χ4n) is 1.96. The molecule has 0 aliphatic rings. The highest BCUT2D eigenvalue weighted by Crippen LogP contribution is 2.32. The van der Waals surface area contributed by atoms with Crippen LogP contribution < -0.4 is 10.1 Å². The highest BCUT2D eigenvalue weighted by molar-refractivity contribution is 5.51. The van der Waals surface area contributed by atoms with Gasteiger partial charge in [-0.3, -0.25) is 10.1 Å². The van der Waals surface area contributed by atoms with Crippen molar-refractivity contribution in [2.75, 3.05) is 7.05 Å². The summed E-state index contributed by atoms with van der Waals surface area (Å²) >= 11 is 0. The number of nitriles is 1. The van der Waals surface area contributed by atoms with E-state index in [1.165, 1.54) is 6.07 Å². The summed E-state index contributed by atoms with van der Waals surface area (Å²) in [6.07, 6.45) is 0.0952. The SMILES string of the molecule is CNC(C)(C#N)CC(C)Oc1c(C)cccc1[N+](=O)[O-]. The van der Waals surface area contributed by atoms with Gasteiger partial charge in [0.2, 0.25) is 0 Å². The summed E-state index contributed by atoms with van der Waals surface area (Å²) in [4.78, 5) is 10.6. The molecule has 0 aliphatic carbocycles. The van der Waals surface area contributed by atoms with Crippen LogP contribution in [0.1, 0.15) is 25.8 Å². The predicted molar refractivity (Wildman–Crippen MR) is 75.6 cm³/mol. The monoisotopic (exact) mass is 277 g/mol. The van der Waals surface area contributed by atoms with Crippen molar-refractivity contribution in [1.82, 2.24) is 5.32 Å². The van der Waals surface area contributed by atoms with Crippen LogP contribution in [0.15, 0.2) is 18.2 Å². The number of para-hydroxylation sites is 1. The maximum absolute atomic E-state index is 11.0. The van der Waals surface area contributed by atoms with Gasteiger partial charge in [0, 0.05) is 12.5 Å². The van der Waals surface area contributed by atoms with Crippen LogP contribution in [0.5, 0.6) is 5.75 Å². The minimum Gasteiger partial charge on any atom is -0.483 e. The maximum atomic E-state index is 11.0. The van der Waals surface area contributed by atoms with Crippen molar-refractivity contribution in [2.24, 2.45) is 0 Å². The third-order valence-corrected chi connectivity index (χ3v) is 3.20. The summed E-state index contributed by atoms with van der Waals surface area (Å²) in [6, 6.07) is 6.97. The van der Waals surface area contributed by atoms with Crippen LogP contribution >= 0.6 is 0 Å². The van der Waals surface area contributed by atoms with E-state index < -0.39 is 10.5 Å². The Morgan fingerprint density at radius 3 is 2.75 bits per heavy atom. The van der Waals surface area contributed by atoms with Gasteiger partial charge in [0.1, 0.15) is 5.54 Å². The number of hydrogen-bond donors (Lipinski definition) is 1. The van der Waals surface area contributed by atoms with Gasteiger partial charge in [0.15, 0.2) is 5.75 Å². The minimum absolute atomic E-state index is 0.0556. The number of nitro benzene ring substituents is 1. The van der Waals surface area contributed by atoms with Crippen LogP contribution in [0.2, 0.25) is 0 Å². The maximum Gasteiger partial charge on any atom is 0.311 e. The quantitative estimate of drug-likeness (QED) is 0.637. The van der Waals surface area contributed by atoms with E-state index in [1.807, 2.05) is 0 Å². The van der Waals surface area contributed by atoms with Crippen molar-refractivity contribution in [3.8, 4) is 11.8 Å². The fraction of sp³-hybridized carbons (Fsp3) is 0.500. The van der Waals surface area contributed by atoms with Crippen LogP contribution in [0.3, 0.4) is 0 Å². The molecule has 0 saturated heterocycles. The molecular formula is C14H19N3O3. The number of hydrogen-bond acceptors (Lipinski definition) is 5. The topological polar surface area (TPSA) is 88.2 Å². The first-order valence-electron chi connectivity index (χ1n) is 6.34. The lowest BCUT2D eigenvalue weighted by Crippen LogP contribution is -2.41. The average Bonchev–Trinajstić information content (AvgIpc) is 2.40. The first-order valence-corrected chi connectivity index (χ1v) is 6.34. The Morgan fingerprint density at radius 1 is 1.60 bits per heavy atom. The molecule has 2 atom stereocenters. The summed E-state index contributed by atoms with van der Waals surface area (Å²) < 4.78 is 5.70. The van der Waals surface area contributed by atoms with Crippen molar-refractivity contribution in [3.63, 3.8) is 0 Å². The zero-order chi connectivity index (χ0) is 15.3. The summed E-state index contributed by atoms with van der Waals surface area (Å²) in [6.45, 7) is 5.32. The number of nitrogens with zero attached hydrogens (tertiary/aromatic N) is 2. The molecular weight excluding hydrogens is 258 g/mol. The van der Waals surface area contributed by atoms with E-state index in [4.69, 9.17) is 10.00 Å². The van der Waals surface area contributed by atoms with Gasteiger partial charge in [-0.05, 0) is 33.4 Å². The third-order valence-electron chi connectivity index (χ3n) is 3.20. The number of rotatable bonds is 6. The standard InChI is InChI=1S/C14H19N3O3/c1-10-6-5-7-12(17(18)19)13(10)20-11(2)8-14(3,9-15)16-4/h5-7,11,16H,8H2,1-4H3. The van der Waals surface area contributed by atoms with Gasteiger partial charge in [-0.2, -0.15) is 5.26 Å². The van der Waals surface area contributed by atoms with E-state index >= 15 is 0 Å². The van der Waals surface area contributed by atoms with E-state index in [0.29, 0.717) is 12.0 Å². The number of nitrogens with one attached hydrogen (secondary N) is 1. The van der Waals surface area contributed by atoms with Gasteiger partial charge in [-0.1, -0.05) is 12.1 Å². The number of aryl methyl sites for hydroxylation is 1. The third kappa shape index (κ3) is 3.68. The second-order valence-corrected chi connectivity index (χ2v) is 5.01. The molecule has 0 spiro atoms.